The van der Waals surface area contributed by atoms with Gasteiger partial charge in [0.05, 0.1) is 5.69 Å². The number of aryl methyl sites for hydroxylation is 1. The Bertz CT molecular complexity index is 428. The Morgan fingerprint density at radius 2 is 2.16 bits per heavy atom. The van der Waals surface area contributed by atoms with Crippen LogP contribution in [0.3, 0.4) is 0 Å². The molecule has 2 N–H and O–H groups in total. The predicted octanol–water partition coefficient (Wildman–Crippen LogP) is 2.73. The minimum Gasteiger partial charge on any atom is -0.326 e. The lowest BCUT2D eigenvalue weighted by Crippen LogP contribution is -2.48. The molecule has 2 unspecified atom stereocenters. The fourth-order valence-electron chi connectivity index (χ4n) is 3.16. The van der Waals surface area contributed by atoms with Gasteiger partial charge in [-0.1, -0.05) is 26.8 Å². The Hall–Kier alpha value is -0.930. The van der Waals surface area contributed by atoms with Gasteiger partial charge in [0.25, 0.3) is 0 Å². The van der Waals surface area contributed by atoms with E-state index in [0.717, 1.165) is 24.5 Å². The third-order valence-electron chi connectivity index (χ3n) is 4.59. The first kappa shape index (κ1) is 14.5. The van der Waals surface area contributed by atoms with E-state index in [0.29, 0.717) is 6.04 Å². The largest absolute Gasteiger partial charge is 0.326 e. The predicted molar refractivity (Wildman–Crippen MR) is 79.8 cm³/mol. The van der Waals surface area contributed by atoms with Crippen LogP contribution in [0.4, 0.5) is 0 Å². The molecule has 1 aliphatic rings. The smallest absolute Gasteiger partial charge is 0.0547 e. The number of likely N-dealkylation sites (N-methyl/N-ethyl adjacent to an activating group) is 1. The second-order valence-electron chi connectivity index (χ2n) is 6.45. The highest BCUT2D eigenvalue weighted by molar-refractivity contribution is 5.10. The number of rotatable bonds is 4. The van der Waals surface area contributed by atoms with Gasteiger partial charge in [-0.3, -0.25) is 9.88 Å². The number of hydrogen-bond acceptors (Lipinski definition) is 3. The van der Waals surface area contributed by atoms with Crippen LogP contribution in [0.25, 0.3) is 0 Å². The first-order chi connectivity index (χ1) is 8.94. The van der Waals surface area contributed by atoms with Crippen LogP contribution in [0.1, 0.15) is 45.0 Å². The van der Waals surface area contributed by atoms with E-state index in [1.807, 2.05) is 13.0 Å². The van der Waals surface area contributed by atoms with Crippen molar-refractivity contribution >= 4 is 0 Å². The summed E-state index contributed by atoms with van der Waals surface area (Å²) in [7, 11) is 0. The van der Waals surface area contributed by atoms with Gasteiger partial charge in [-0.15, -0.1) is 0 Å². The molecule has 1 aromatic rings. The average Bonchev–Trinajstić information content (AvgIpc) is 2.62. The zero-order valence-corrected chi connectivity index (χ0v) is 12.7. The van der Waals surface area contributed by atoms with Crippen molar-refractivity contribution in [2.24, 2.45) is 11.1 Å². The lowest BCUT2D eigenvalue weighted by atomic mass is 9.87. The Morgan fingerprint density at radius 3 is 2.68 bits per heavy atom. The summed E-state index contributed by atoms with van der Waals surface area (Å²) in [6.45, 7) is 10.8. The minimum atomic E-state index is 0.261. The SMILES string of the molecule is CCN(Cc1cccc(C)n1)C1CCC(C)(C)C1N. The summed E-state index contributed by atoms with van der Waals surface area (Å²) >= 11 is 0. The van der Waals surface area contributed by atoms with Crippen molar-refractivity contribution in [3.8, 4) is 0 Å². The Morgan fingerprint density at radius 1 is 1.42 bits per heavy atom. The van der Waals surface area contributed by atoms with Crippen molar-refractivity contribution in [3.63, 3.8) is 0 Å². The fraction of sp³-hybridized carbons (Fsp3) is 0.688. The van der Waals surface area contributed by atoms with E-state index in [-0.39, 0.29) is 11.5 Å². The molecular weight excluding hydrogens is 234 g/mol. The molecule has 3 heteroatoms. The van der Waals surface area contributed by atoms with Crippen LogP contribution in [0.5, 0.6) is 0 Å². The van der Waals surface area contributed by atoms with Gasteiger partial charge in [0, 0.05) is 24.3 Å². The maximum Gasteiger partial charge on any atom is 0.0547 e. The van der Waals surface area contributed by atoms with Crippen LogP contribution in [-0.4, -0.2) is 28.5 Å². The van der Waals surface area contributed by atoms with Gasteiger partial charge in [0.1, 0.15) is 0 Å². The summed E-state index contributed by atoms with van der Waals surface area (Å²) in [6.07, 6.45) is 2.42. The van der Waals surface area contributed by atoms with Gasteiger partial charge in [0.15, 0.2) is 0 Å². The summed E-state index contributed by atoms with van der Waals surface area (Å²) in [5.74, 6) is 0. The van der Waals surface area contributed by atoms with Crippen molar-refractivity contribution in [2.75, 3.05) is 6.54 Å². The van der Waals surface area contributed by atoms with E-state index >= 15 is 0 Å². The summed E-state index contributed by atoms with van der Waals surface area (Å²) in [4.78, 5) is 7.10. The standard InChI is InChI=1S/C16H27N3/c1-5-19(11-13-8-6-7-12(2)18-13)14-9-10-16(3,4)15(14)17/h6-8,14-15H,5,9-11,17H2,1-4H3. The minimum absolute atomic E-state index is 0.261. The molecule has 1 aliphatic carbocycles. The second-order valence-corrected chi connectivity index (χ2v) is 6.45. The summed E-state index contributed by atoms with van der Waals surface area (Å²) in [5, 5.41) is 0. The molecule has 0 aliphatic heterocycles. The Labute approximate surface area is 117 Å². The van der Waals surface area contributed by atoms with Gasteiger partial charge in [-0.25, -0.2) is 0 Å². The molecule has 0 bridgehead atoms. The number of hydrogen-bond donors (Lipinski definition) is 1. The third kappa shape index (κ3) is 3.15. The number of aromatic nitrogens is 1. The molecule has 1 saturated carbocycles. The van der Waals surface area contributed by atoms with E-state index in [2.05, 4.69) is 42.8 Å². The van der Waals surface area contributed by atoms with Crippen LogP contribution in [-0.2, 0) is 6.54 Å². The lowest BCUT2D eigenvalue weighted by Gasteiger charge is -2.34. The first-order valence-corrected chi connectivity index (χ1v) is 7.36. The first-order valence-electron chi connectivity index (χ1n) is 7.36. The molecule has 1 fully saturated rings. The van der Waals surface area contributed by atoms with Crippen molar-refractivity contribution in [1.82, 2.24) is 9.88 Å². The van der Waals surface area contributed by atoms with Crippen molar-refractivity contribution in [2.45, 2.75) is 59.2 Å². The molecule has 0 amide bonds. The topological polar surface area (TPSA) is 42.2 Å². The summed E-state index contributed by atoms with van der Waals surface area (Å²) in [6, 6.07) is 7.00. The highest BCUT2D eigenvalue weighted by atomic mass is 15.2. The van der Waals surface area contributed by atoms with Crippen LogP contribution < -0.4 is 5.73 Å². The normalized spacial score (nSPS) is 26.0. The quantitative estimate of drug-likeness (QED) is 0.906. The Kier molecular flexibility index (Phi) is 4.26. The molecule has 3 nitrogen and oxygen atoms in total. The van der Waals surface area contributed by atoms with E-state index in [9.17, 15) is 0 Å². The molecule has 2 atom stereocenters. The molecule has 0 spiro atoms. The van der Waals surface area contributed by atoms with Crippen LogP contribution >= 0.6 is 0 Å². The highest BCUT2D eigenvalue weighted by Gasteiger charge is 2.41. The molecule has 0 radical (unpaired) electrons. The molecule has 1 aromatic heterocycles. The van der Waals surface area contributed by atoms with Gasteiger partial charge in [-0.2, -0.15) is 0 Å². The monoisotopic (exact) mass is 261 g/mol. The van der Waals surface area contributed by atoms with E-state index in [1.54, 1.807) is 0 Å². The Balaban J connectivity index is 2.09. The molecule has 1 heterocycles. The van der Waals surface area contributed by atoms with Crippen LogP contribution in [0.2, 0.25) is 0 Å². The average molecular weight is 261 g/mol. The summed E-state index contributed by atoms with van der Waals surface area (Å²) in [5.41, 5.74) is 8.96. The molecule has 106 valence electrons. The maximum atomic E-state index is 6.45. The molecule has 0 aromatic carbocycles. The second kappa shape index (κ2) is 5.59. The van der Waals surface area contributed by atoms with E-state index in [4.69, 9.17) is 5.73 Å². The summed E-state index contributed by atoms with van der Waals surface area (Å²) < 4.78 is 0. The van der Waals surface area contributed by atoms with E-state index < -0.39 is 0 Å². The number of nitrogens with two attached hydrogens (primary N) is 1. The zero-order valence-electron chi connectivity index (χ0n) is 12.7. The van der Waals surface area contributed by atoms with Gasteiger partial charge < -0.3 is 5.73 Å². The van der Waals surface area contributed by atoms with Crippen LogP contribution in [0, 0.1) is 12.3 Å². The van der Waals surface area contributed by atoms with Crippen molar-refractivity contribution < 1.29 is 0 Å². The molecule has 19 heavy (non-hydrogen) atoms. The highest BCUT2D eigenvalue weighted by Crippen LogP contribution is 2.38. The number of pyridine rings is 1. The van der Waals surface area contributed by atoms with Crippen molar-refractivity contribution in [1.29, 1.82) is 0 Å². The fourth-order valence-corrected chi connectivity index (χ4v) is 3.16. The molecule has 2 rings (SSSR count). The maximum absolute atomic E-state index is 6.45. The zero-order chi connectivity index (χ0) is 14.0. The van der Waals surface area contributed by atoms with Gasteiger partial charge in [0.2, 0.25) is 0 Å². The van der Waals surface area contributed by atoms with E-state index in [1.165, 1.54) is 12.8 Å². The van der Waals surface area contributed by atoms with Gasteiger partial charge in [-0.05, 0) is 43.9 Å². The lowest BCUT2D eigenvalue weighted by molar-refractivity contribution is 0.162. The van der Waals surface area contributed by atoms with Gasteiger partial charge >= 0.3 is 0 Å². The molecular formula is C16H27N3. The molecule has 0 saturated heterocycles. The third-order valence-corrected chi connectivity index (χ3v) is 4.59. The number of nitrogens with zero attached hydrogens (tertiary/aromatic N) is 2. The van der Waals surface area contributed by atoms with Crippen molar-refractivity contribution in [3.05, 3.63) is 29.6 Å². The van der Waals surface area contributed by atoms with Crippen LogP contribution in [0.15, 0.2) is 18.2 Å².